The quantitative estimate of drug-likeness (QED) is 0.863. The highest BCUT2D eigenvalue weighted by molar-refractivity contribution is 9.10. The molecule has 2 heterocycles. The first-order valence-corrected chi connectivity index (χ1v) is 7.95. The summed E-state index contributed by atoms with van der Waals surface area (Å²) in [7, 11) is 0. The van der Waals surface area contributed by atoms with Gasteiger partial charge < -0.3 is 10.4 Å². The van der Waals surface area contributed by atoms with E-state index in [0.717, 1.165) is 5.56 Å². The van der Waals surface area contributed by atoms with Gasteiger partial charge in [0, 0.05) is 6.54 Å². The highest BCUT2D eigenvalue weighted by Gasteiger charge is 2.13. The largest absolute Gasteiger partial charge is 0.387 e. The van der Waals surface area contributed by atoms with Gasteiger partial charge in [0.05, 0.1) is 24.0 Å². The zero-order valence-electron chi connectivity index (χ0n) is 11.2. The number of anilines is 1. The first-order chi connectivity index (χ1) is 9.50. The molecule has 1 unspecified atom stereocenters. The zero-order chi connectivity index (χ0) is 14.7. The fourth-order valence-corrected chi connectivity index (χ4v) is 2.86. The predicted octanol–water partition coefficient (Wildman–Crippen LogP) is 2.79. The summed E-state index contributed by atoms with van der Waals surface area (Å²) in [6.45, 7) is 4.12. The third kappa shape index (κ3) is 3.28. The lowest BCUT2D eigenvalue weighted by atomic mass is 10.2. The summed E-state index contributed by atoms with van der Waals surface area (Å²) in [5.41, 5.74) is 1.26. The Labute approximate surface area is 129 Å². The van der Waals surface area contributed by atoms with Crippen LogP contribution in [0.2, 0.25) is 0 Å². The number of rotatable bonds is 5. The summed E-state index contributed by atoms with van der Waals surface area (Å²) >= 11 is 4.82. The number of hydrogen-bond donors (Lipinski definition) is 2. The smallest absolute Gasteiger partial charge is 0.283 e. The van der Waals surface area contributed by atoms with Gasteiger partial charge in [-0.15, -0.1) is 0 Å². The number of aliphatic hydroxyl groups is 1. The van der Waals surface area contributed by atoms with E-state index in [9.17, 15) is 9.90 Å². The molecule has 20 heavy (non-hydrogen) atoms. The second kappa shape index (κ2) is 6.51. The van der Waals surface area contributed by atoms with Crippen LogP contribution < -0.4 is 10.9 Å². The molecule has 0 saturated heterocycles. The Morgan fingerprint density at radius 1 is 1.55 bits per heavy atom. The maximum atomic E-state index is 12.1. The fourth-order valence-electron chi connectivity index (χ4n) is 1.72. The molecule has 0 aliphatic carbocycles. The topological polar surface area (TPSA) is 67.2 Å². The van der Waals surface area contributed by atoms with Gasteiger partial charge in [0.15, 0.2) is 0 Å². The maximum absolute atomic E-state index is 12.1. The summed E-state index contributed by atoms with van der Waals surface area (Å²) in [6.07, 6.45) is 0.979. The molecule has 7 heteroatoms. The summed E-state index contributed by atoms with van der Waals surface area (Å²) in [5.74, 6) is 0. The Morgan fingerprint density at radius 3 is 2.90 bits per heavy atom. The summed E-state index contributed by atoms with van der Waals surface area (Å²) < 4.78 is 1.84. The minimum atomic E-state index is -0.610. The first kappa shape index (κ1) is 15.2. The highest BCUT2D eigenvalue weighted by Crippen LogP contribution is 2.20. The monoisotopic (exact) mass is 357 g/mol. The SMILES string of the molecule is CC(C)n1ncc(NCC(O)c2ccsc2)c(Br)c1=O. The van der Waals surface area contributed by atoms with Crippen LogP contribution in [0.25, 0.3) is 0 Å². The number of thiophene rings is 1. The van der Waals surface area contributed by atoms with E-state index < -0.39 is 6.10 Å². The van der Waals surface area contributed by atoms with E-state index in [1.165, 1.54) is 16.0 Å². The van der Waals surface area contributed by atoms with Crippen molar-refractivity contribution in [2.75, 3.05) is 11.9 Å². The summed E-state index contributed by atoms with van der Waals surface area (Å²) in [6, 6.07) is 1.88. The van der Waals surface area contributed by atoms with Crippen LogP contribution in [0.4, 0.5) is 5.69 Å². The average Bonchev–Trinajstić information content (AvgIpc) is 2.93. The molecular weight excluding hydrogens is 342 g/mol. The normalized spacial score (nSPS) is 12.7. The molecule has 0 bridgehead atoms. The van der Waals surface area contributed by atoms with Crippen molar-refractivity contribution < 1.29 is 5.11 Å². The summed E-state index contributed by atoms with van der Waals surface area (Å²) in [4.78, 5) is 12.1. The Balaban J connectivity index is 2.11. The van der Waals surface area contributed by atoms with Crippen LogP contribution in [0.1, 0.15) is 31.6 Å². The van der Waals surface area contributed by atoms with Gasteiger partial charge in [-0.3, -0.25) is 4.79 Å². The van der Waals surface area contributed by atoms with E-state index in [2.05, 4.69) is 26.3 Å². The molecule has 0 radical (unpaired) electrons. The Kier molecular flexibility index (Phi) is 4.95. The van der Waals surface area contributed by atoms with Crippen molar-refractivity contribution in [2.45, 2.75) is 26.0 Å². The van der Waals surface area contributed by atoms with Crippen LogP contribution in [0.5, 0.6) is 0 Å². The number of aromatic nitrogens is 2. The van der Waals surface area contributed by atoms with E-state index in [1.807, 2.05) is 30.7 Å². The molecule has 2 rings (SSSR count). The van der Waals surface area contributed by atoms with E-state index in [-0.39, 0.29) is 11.6 Å². The molecule has 108 valence electrons. The Morgan fingerprint density at radius 2 is 2.30 bits per heavy atom. The molecule has 1 atom stereocenters. The molecule has 0 aliphatic heterocycles. The fraction of sp³-hybridized carbons (Fsp3) is 0.385. The van der Waals surface area contributed by atoms with Crippen molar-refractivity contribution in [3.8, 4) is 0 Å². The molecule has 0 fully saturated rings. The lowest BCUT2D eigenvalue weighted by Crippen LogP contribution is -2.26. The third-order valence-corrected chi connectivity index (χ3v) is 4.31. The molecule has 0 aliphatic rings. The minimum absolute atomic E-state index is 0.00393. The number of aliphatic hydroxyl groups excluding tert-OH is 1. The average molecular weight is 358 g/mol. The van der Waals surface area contributed by atoms with E-state index in [4.69, 9.17) is 0 Å². The van der Waals surface area contributed by atoms with Gasteiger partial charge in [-0.25, -0.2) is 4.68 Å². The van der Waals surface area contributed by atoms with Crippen LogP contribution >= 0.6 is 27.3 Å². The van der Waals surface area contributed by atoms with E-state index >= 15 is 0 Å². The number of halogens is 1. The zero-order valence-corrected chi connectivity index (χ0v) is 13.6. The van der Waals surface area contributed by atoms with Gasteiger partial charge >= 0.3 is 0 Å². The molecular formula is C13H16BrN3O2S. The van der Waals surface area contributed by atoms with Gasteiger partial charge in [-0.1, -0.05) is 0 Å². The van der Waals surface area contributed by atoms with Gasteiger partial charge in [0.25, 0.3) is 5.56 Å². The maximum Gasteiger partial charge on any atom is 0.283 e. The van der Waals surface area contributed by atoms with Gasteiger partial charge in [-0.2, -0.15) is 16.4 Å². The molecule has 2 aromatic rings. The van der Waals surface area contributed by atoms with Crippen molar-refractivity contribution >= 4 is 33.0 Å². The van der Waals surface area contributed by atoms with Crippen molar-refractivity contribution in [1.29, 1.82) is 0 Å². The van der Waals surface area contributed by atoms with Crippen LogP contribution in [0, 0.1) is 0 Å². The lowest BCUT2D eigenvalue weighted by Gasteiger charge is -2.14. The third-order valence-electron chi connectivity index (χ3n) is 2.85. The lowest BCUT2D eigenvalue weighted by molar-refractivity contribution is 0.192. The van der Waals surface area contributed by atoms with Crippen LogP contribution in [0.15, 0.2) is 32.3 Å². The molecule has 0 saturated carbocycles. The first-order valence-electron chi connectivity index (χ1n) is 6.22. The van der Waals surface area contributed by atoms with Gasteiger partial charge in [0.1, 0.15) is 4.47 Å². The standard InChI is InChI=1S/C13H16BrN3O2S/c1-8(2)17-13(19)12(14)10(5-16-17)15-6-11(18)9-3-4-20-7-9/h3-5,7-8,11,15,18H,6H2,1-2H3. The molecule has 0 spiro atoms. The van der Waals surface area contributed by atoms with Gasteiger partial charge in [-0.05, 0) is 52.2 Å². The highest BCUT2D eigenvalue weighted by atomic mass is 79.9. The van der Waals surface area contributed by atoms with Gasteiger partial charge in [0.2, 0.25) is 0 Å². The van der Waals surface area contributed by atoms with Crippen molar-refractivity contribution in [2.24, 2.45) is 0 Å². The number of hydrogen-bond acceptors (Lipinski definition) is 5. The van der Waals surface area contributed by atoms with Crippen LogP contribution in [-0.2, 0) is 0 Å². The molecule has 5 nitrogen and oxygen atoms in total. The van der Waals surface area contributed by atoms with Crippen molar-refractivity contribution in [3.05, 3.63) is 43.4 Å². The molecule has 0 aromatic carbocycles. The Bertz CT molecular complexity index is 625. The summed E-state index contributed by atoms with van der Waals surface area (Å²) in [5, 5.41) is 21.0. The molecule has 2 N–H and O–H groups in total. The predicted molar refractivity (Wildman–Crippen MR) is 84.4 cm³/mol. The van der Waals surface area contributed by atoms with E-state index in [0.29, 0.717) is 16.7 Å². The second-order valence-electron chi connectivity index (χ2n) is 4.67. The number of nitrogens with one attached hydrogen (secondary N) is 1. The number of nitrogens with zero attached hydrogens (tertiary/aromatic N) is 2. The van der Waals surface area contributed by atoms with Crippen molar-refractivity contribution in [3.63, 3.8) is 0 Å². The molecule has 0 amide bonds. The minimum Gasteiger partial charge on any atom is -0.387 e. The van der Waals surface area contributed by atoms with Crippen molar-refractivity contribution in [1.82, 2.24) is 9.78 Å². The molecule has 2 aromatic heterocycles. The van der Waals surface area contributed by atoms with E-state index in [1.54, 1.807) is 6.20 Å². The Hall–Kier alpha value is -1.18. The van der Waals surface area contributed by atoms with Crippen LogP contribution in [0.3, 0.4) is 0 Å². The van der Waals surface area contributed by atoms with Crippen LogP contribution in [-0.4, -0.2) is 21.4 Å². The second-order valence-corrected chi connectivity index (χ2v) is 6.24.